The van der Waals surface area contributed by atoms with Crippen molar-refractivity contribution in [3.63, 3.8) is 0 Å². The van der Waals surface area contributed by atoms with E-state index in [0.29, 0.717) is 41.7 Å². The number of fused-ring (bicyclic) bond motifs is 4. The van der Waals surface area contributed by atoms with Crippen LogP contribution in [-0.4, -0.2) is 32.8 Å². The summed E-state index contributed by atoms with van der Waals surface area (Å²) in [6.45, 7) is 5.18. The number of hydrogen-bond acceptors (Lipinski definition) is 3. The van der Waals surface area contributed by atoms with E-state index in [1.807, 2.05) is 6.08 Å². The van der Waals surface area contributed by atoms with Gasteiger partial charge in [-0.15, -0.1) is 6.42 Å². The van der Waals surface area contributed by atoms with Crippen LogP contribution in [-0.2, 0) is 18.3 Å². The highest BCUT2D eigenvalue weighted by molar-refractivity contribution is 5.83. The van der Waals surface area contributed by atoms with Gasteiger partial charge in [-0.3, -0.25) is 0 Å². The highest BCUT2D eigenvalue weighted by atomic mass is 19.2. The second-order valence-electron chi connectivity index (χ2n) is 11.6. The lowest BCUT2D eigenvalue weighted by Gasteiger charge is -2.17. The molecule has 4 aromatic rings. The maximum Gasteiger partial charge on any atom is 0.199 e. The number of hydrogen-bond donors (Lipinski definition) is 0. The van der Waals surface area contributed by atoms with Crippen LogP contribution in [0.5, 0.6) is 0 Å². The molecule has 0 spiro atoms. The Hall–Kier alpha value is -4.70. The van der Waals surface area contributed by atoms with Gasteiger partial charge in [0.2, 0.25) is 0 Å². The van der Waals surface area contributed by atoms with Crippen LogP contribution in [0.15, 0.2) is 34.9 Å². The molecule has 1 aliphatic rings. The zero-order valence-electron chi connectivity index (χ0n) is 26.6. The molecule has 0 saturated heterocycles. The van der Waals surface area contributed by atoms with E-state index in [9.17, 15) is 30.7 Å². The highest BCUT2D eigenvalue weighted by Crippen LogP contribution is 2.36. The first-order valence-corrected chi connectivity index (χ1v) is 14.8. The number of benzene rings is 2. The Morgan fingerprint density at radius 3 is 2.06 bits per heavy atom. The third-order valence-corrected chi connectivity index (χ3v) is 8.56. The maximum absolute atomic E-state index is 15.3. The molecular weight excluding hydrogens is 644 g/mol. The normalized spacial score (nSPS) is 19.9. The van der Waals surface area contributed by atoms with Gasteiger partial charge in [-0.1, -0.05) is 35.3 Å². The minimum Gasteiger partial charge on any atom is -0.384 e. The van der Waals surface area contributed by atoms with Crippen LogP contribution in [0.2, 0.25) is 0 Å². The molecule has 0 amide bonds. The standard InChI is InChI=1S/C35H30F8N4O/c1-7-18-12-20(14-21(8-2)35-45-30-26(40)22(36)24(38)28(42)32(30)46(35)5)13-19(9-10-48-6)11-16(3)17(4)34-44-31-27(41)23(37)25(39)29(43)33(31)47(34)15-18/h1,8,11-12,18H,9-10,13-15H2,2-6H3/b17-16+,19-11-,20-12-,21-8+. The summed E-state index contributed by atoms with van der Waals surface area (Å²) in [5.74, 6) is -12.5. The molecule has 0 bridgehead atoms. The van der Waals surface area contributed by atoms with Crippen LogP contribution < -0.4 is 0 Å². The lowest BCUT2D eigenvalue weighted by atomic mass is 9.92. The molecule has 0 aliphatic carbocycles. The molecule has 5 rings (SSSR count). The molecular formula is C35H30F8N4O. The second kappa shape index (κ2) is 13.4. The number of ether oxygens (including phenoxy) is 1. The van der Waals surface area contributed by atoms with Crippen molar-refractivity contribution in [1.82, 2.24) is 19.1 Å². The van der Waals surface area contributed by atoms with Crippen molar-refractivity contribution in [2.45, 2.75) is 46.6 Å². The Morgan fingerprint density at radius 1 is 0.896 bits per heavy atom. The topological polar surface area (TPSA) is 44.9 Å². The Morgan fingerprint density at radius 2 is 1.48 bits per heavy atom. The third kappa shape index (κ3) is 5.83. The van der Waals surface area contributed by atoms with Gasteiger partial charge in [0.1, 0.15) is 33.7 Å². The maximum atomic E-state index is 15.3. The second-order valence-corrected chi connectivity index (χ2v) is 11.6. The number of aromatic nitrogens is 4. The molecule has 252 valence electrons. The summed E-state index contributed by atoms with van der Waals surface area (Å²) >= 11 is 0. The van der Waals surface area contributed by atoms with Crippen molar-refractivity contribution >= 4 is 33.2 Å². The van der Waals surface area contributed by atoms with Crippen molar-refractivity contribution in [3.05, 3.63) is 93.1 Å². The van der Waals surface area contributed by atoms with E-state index in [-0.39, 0.29) is 24.6 Å². The Balaban J connectivity index is 1.70. The summed E-state index contributed by atoms with van der Waals surface area (Å²) < 4.78 is 124. The molecule has 2 aromatic heterocycles. The number of imidazole rings is 2. The minimum absolute atomic E-state index is 0.0371. The first-order valence-electron chi connectivity index (χ1n) is 14.8. The molecule has 1 aliphatic heterocycles. The fourth-order valence-electron chi connectivity index (χ4n) is 5.98. The molecule has 0 saturated carbocycles. The molecule has 1 unspecified atom stereocenters. The summed E-state index contributed by atoms with van der Waals surface area (Å²) in [6.07, 6.45) is 12.0. The van der Waals surface area contributed by atoms with E-state index in [2.05, 4.69) is 15.9 Å². The minimum atomic E-state index is -1.99. The van der Waals surface area contributed by atoms with Crippen molar-refractivity contribution < 1.29 is 39.9 Å². The lowest BCUT2D eigenvalue weighted by Crippen LogP contribution is -2.12. The van der Waals surface area contributed by atoms with Crippen molar-refractivity contribution in [3.8, 4) is 12.3 Å². The molecule has 5 nitrogen and oxygen atoms in total. The van der Waals surface area contributed by atoms with E-state index in [4.69, 9.17) is 11.2 Å². The number of aryl methyl sites for hydroxylation is 1. The molecule has 13 heteroatoms. The smallest absolute Gasteiger partial charge is 0.199 e. The van der Waals surface area contributed by atoms with Crippen LogP contribution >= 0.6 is 0 Å². The summed E-state index contributed by atoms with van der Waals surface area (Å²) in [4.78, 5) is 8.32. The number of halogens is 8. The average Bonchev–Trinajstić information content (AvgIpc) is 3.62. The number of nitrogens with zero attached hydrogens (tertiary/aromatic N) is 4. The van der Waals surface area contributed by atoms with E-state index >= 15 is 4.39 Å². The number of rotatable bonds is 6. The molecule has 0 N–H and O–H groups in total. The quantitative estimate of drug-likeness (QED) is 0.0675. The summed E-state index contributed by atoms with van der Waals surface area (Å²) in [6, 6.07) is 0. The predicted molar refractivity (Wildman–Crippen MR) is 166 cm³/mol. The van der Waals surface area contributed by atoms with E-state index in [1.54, 1.807) is 32.9 Å². The van der Waals surface area contributed by atoms with Crippen LogP contribution in [0, 0.1) is 64.8 Å². The highest BCUT2D eigenvalue weighted by Gasteiger charge is 2.29. The van der Waals surface area contributed by atoms with Gasteiger partial charge in [-0.05, 0) is 56.8 Å². The number of methoxy groups -OCH3 is 1. The molecule has 2 aromatic carbocycles. The van der Waals surface area contributed by atoms with Gasteiger partial charge < -0.3 is 13.9 Å². The number of terminal acetylenes is 1. The molecule has 1 atom stereocenters. The van der Waals surface area contributed by atoms with E-state index in [0.717, 1.165) is 10.1 Å². The van der Waals surface area contributed by atoms with Crippen LogP contribution in [0.25, 0.3) is 33.2 Å². The van der Waals surface area contributed by atoms with Gasteiger partial charge in [0.15, 0.2) is 46.5 Å². The SMILES string of the molecule is C#CC1/C=C(\C/C(=C\C)c2nc3c(F)c(F)c(F)c(F)c3n2C)C/C(CCOC)=C\C(C)=C(/C)c2nc3c(F)c(F)c(F)c(F)c3n2C1. The molecule has 0 radical (unpaired) electrons. The van der Waals surface area contributed by atoms with Gasteiger partial charge >= 0.3 is 0 Å². The summed E-state index contributed by atoms with van der Waals surface area (Å²) in [5.41, 5.74) is 0.510. The first kappa shape index (κ1) is 34.6. The number of allylic oxidation sites excluding steroid dienone is 7. The van der Waals surface area contributed by atoms with Crippen LogP contribution in [0.3, 0.4) is 0 Å². The fourth-order valence-corrected chi connectivity index (χ4v) is 5.98. The van der Waals surface area contributed by atoms with Crippen molar-refractivity contribution in [2.75, 3.05) is 13.7 Å². The van der Waals surface area contributed by atoms with Crippen molar-refractivity contribution in [2.24, 2.45) is 13.0 Å². The summed E-state index contributed by atoms with van der Waals surface area (Å²) in [5, 5.41) is 0. The Kier molecular flexibility index (Phi) is 9.69. The molecule has 3 heterocycles. The predicted octanol–water partition coefficient (Wildman–Crippen LogP) is 8.87. The van der Waals surface area contributed by atoms with Gasteiger partial charge in [-0.2, -0.15) is 0 Å². The van der Waals surface area contributed by atoms with Crippen molar-refractivity contribution in [1.29, 1.82) is 0 Å². The zero-order valence-corrected chi connectivity index (χ0v) is 26.6. The molecule has 48 heavy (non-hydrogen) atoms. The van der Waals surface area contributed by atoms with Gasteiger partial charge in [0.05, 0.1) is 5.92 Å². The van der Waals surface area contributed by atoms with Gasteiger partial charge in [0.25, 0.3) is 0 Å². The third-order valence-electron chi connectivity index (χ3n) is 8.56. The first-order chi connectivity index (χ1) is 22.7. The summed E-state index contributed by atoms with van der Waals surface area (Å²) in [7, 11) is 2.87. The van der Waals surface area contributed by atoms with Crippen LogP contribution in [0.1, 0.15) is 51.7 Å². The van der Waals surface area contributed by atoms with Crippen LogP contribution in [0.4, 0.5) is 35.1 Å². The average molecular weight is 675 g/mol. The van der Waals surface area contributed by atoms with Gasteiger partial charge in [-0.25, -0.2) is 45.1 Å². The lowest BCUT2D eigenvalue weighted by molar-refractivity contribution is 0.201. The monoisotopic (exact) mass is 674 g/mol. The van der Waals surface area contributed by atoms with Gasteiger partial charge in [0, 0.05) is 27.3 Å². The van der Waals surface area contributed by atoms with E-state index in [1.165, 1.54) is 18.7 Å². The largest absolute Gasteiger partial charge is 0.384 e. The Labute approximate surface area is 270 Å². The zero-order chi connectivity index (χ0) is 35.2. The van der Waals surface area contributed by atoms with E-state index < -0.39 is 74.5 Å². The molecule has 0 fully saturated rings. The fraction of sp³-hybridized carbons (Fsp3) is 0.314. The Bertz CT molecular complexity index is 2150.